The Morgan fingerprint density at radius 1 is 0.759 bits per heavy atom. The monoisotopic (exact) mass is 804 g/mol. The van der Waals surface area contributed by atoms with Crippen LogP contribution in [0.2, 0.25) is 0 Å². The molecule has 0 aliphatic rings. The van der Waals surface area contributed by atoms with Crippen molar-refractivity contribution in [1.29, 1.82) is 0 Å². The summed E-state index contributed by atoms with van der Waals surface area (Å²) >= 11 is 3.21. The fraction of sp³-hybridized carbons (Fsp3) is 0.378. The molecule has 284 valence electrons. The maximum absolute atomic E-state index is 12.4. The summed E-state index contributed by atoms with van der Waals surface area (Å²) in [6.07, 6.45) is 6.16. The van der Waals surface area contributed by atoms with Crippen LogP contribution in [-0.4, -0.2) is 76.9 Å². The van der Waals surface area contributed by atoms with E-state index in [-0.39, 0.29) is 36.5 Å². The number of halogens is 1. The van der Waals surface area contributed by atoms with Crippen LogP contribution in [0.1, 0.15) is 67.8 Å². The Labute approximate surface area is 318 Å². The van der Waals surface area contributed by atoms with E-state index in [0.717, 1.165) is 16.5 Å². The number of methoxy groups -OCH3 is 2. The molecule has 0 bridgehead atoms. The van der Waals surface area contributed by atoms with Crippen molar-refractivity contribution in [1.82, 2.24) is 38.9 Å². The zero-order valence-corrected chi connectivity index (χ0v) is 33.3. The van der Waals surface area contributed by atoms with Gasteiger partial charge in [-0.15, -0.1) is 0 Å². The molecule has 54 heavy (non-hydrogen) atoms. The predicted molar refractivity (Wildman–Crippen MR) is 201 cm³/mol. The largest absolute Gasteiger partial charge is 0.465 e. The molecule has 0 spiro atoms. The summed E-state index contributed by atoms with van der Waals surface area (Å²) in [5.41, 5.74) is 4.12. The lowest BCUT2D eigenvalue weighted by molar-refractivity contribution is -0.157. The summed E-state index contributed by atoms with van der Waals surface area (Å²) < 4.78 is 25.7. The second-order valence-electron chi connectivity index (χ2n) is 14.4. The van der Waals surface area contributed by atoms with Gasteiger partial charge in [0.25, 0.3) is 0 Å². The molecule has 0 atom stereocenters. The molecule has 0 unspecified atom stereocenters. The Bertz CT molecular complexity index is 2420. The van der Waals surface area contributed by atoms with Gasteiger partial charge in [0.05, 0.1) is 43.0 Å². The molecule has 6 rings (SSSR count). The van der Waals surface area contributed by atoms with Crippen LogP contribution in [0.3, 0.4) is 0 Å². The van der Waals surface area contributed by atoms with Crippen LogP contribution >= 0.6 is 15.9 Å². The standard InChI is InChI=1S/C23H25N5O4.C14H16BrN3O4/c1-13-7-8-14-17(9-13)27(5)26-18(14)16-10-24-20-19(25-16)15(21(29)31-6)11-28(20)12-32-22(30)23(2,3)4;1-14(2,3)13(20)22-7-18-6-8(12(19)21-4)10-11(18)16-5-9(15)17-10/h7-11H,12H2,1-6H3;5-6H,7H2,1-4H3. The summed E-state index contributed by atoms with van der Waals surface area (Å²) in [7, 11) is 4.46. The third-order valence-electron chi connectivity index (χ3n) is 8.06. The first kappa shape index (κ1) is 39.5. The smallest absolute Gasteiger partial charge is 0.341 e. The quantitative estimate of drug-likeness (QED) is 0.132. The first-order chi connectivity index (χ1) is 25.3. The van der Waals surface area contributed by atoms with Crippen molar-refractivity contribution in [2.24, 2.45) is 17.9 Å². The molecule has 0 amide bonds. The zero-order chi connectivity index (χ0) is 39.7. The van der Waals surface area contributed by atoms with Crippen LogP contribution in [-0.2, 0) is 49.0 Å². The van der Waals surface area contributed by atoms with E-state index in [9.17, 15) is 19.2 Å². The lowest BCUT2D eigenvalue weighted by Gasteiger charge is -2.16. The second-order valence-corrected chi connectivity index (χ2v) is 15.2. The highest BCUT2D eigenvalue weighted by atomic mass is 79.9. The number of nitrogens with zero attached hydrogens (tertiary/aromatic N) is 8. The van der Waals surface area contributed by atoms with E-state index in [0.29, 0.717) is 38.3 Å². The van der Waals surface area contributed by atoms with Gasteiger partial charge in [-0.25, -0.2) is 29.5 Å². The summed E-state index contributed by atoms with van der Waals surface area (Å²) in [4.78, 5) is 65.9. The minimum Gasteiger partial charge on any atom is -0.465 e. The molecule has 17 heteroatoms. The van der Waals surface area contributed by atoms with Crippen LogP contribution in [0.4, 0.5) is 0 Å². The average Bonchev–Trinajstić information content (AvgIpc) is 3.78. The van der Waals surface area contributed by atoms with Crippen molar-refractivity contribution in [3.8, 4) is 11.4 Å². The minimum atomic E-state index is -0.647. The normalized spacial score (nSPS) is 11.7. The van der Waals surface area contributed by atoms with Gasteiger partial charge in [-0.05, 0) is 76.0 Å². The number of carbonyl (C=O) groups is 4. The van der Waals surface area contributed by atoms with Gasteiger partial charge in [-0.1, -0.05) is 12.1 Å². The van der Waals surface area contributed by atoms with Crippen molar-refractivity contribution in [3.63, 3.8) is 0 Å². The number of ether oxygens (including phenoxy) is 4. The number of rotatable bonds is 7. The van der Waals surface area contributed by atoms with E-state index in [1.54, 1.807) is 61.6 Å². The first-order valence-corrected chi connectivity index (χ1v) is 17.5. The van der Waals surface area contributed by atoms with Crippen molar-refractivity contribution in [2.75, 3.05) is 14.2 Å². The van der Waals surface area contributed by atoms with Crippen molar-refractivity contribution in [3.05, 3.63) is 64.3 Å². The predicted octanol–water partition coefficient (Wildman–Crippen LogP) is 6.15. The highest BCUT2D eigenvalue weighted by Gasteiger charge is 2.26. The van der Waals surface area contributed by atoms with E-state index in [2.05, 4.69) is 42.0 Å². The van der Waals surface area contributed by atoms with E-state index in [1.165, 1.54) is 32.8 Å². The lowest BCUT2D eigenvalue weighted by atomic mass is 9.97. The molecule has 5 aromatic heterocycles. The molecule has 0 saturated heterocycles. The molecule has 0 fully saturated rings. The van der Waals surface area contributed by atoms with Gasteiger partial charge >= 0.3 is 23.9 Å². The van der Waals surface area contributed by atoms with Crippen LogP contribution in [0.25, 0.3) is 44.6 Å². The molecule has 0 aliphatic carbocycles. The van der Waals surface area contributed by atoms with Crippen molar-refractivity contribution < 1.29 is 38.1 Å². The van der Waals surface area contributed by atoms with Gasteiger partial charge in [-0.3, -0.25) is 23.4 Å². The summed E-state index contributed by atoms with van der Waals surface area (Å²) in [6.45, 7) is 12.5. The highest BCUT2D eigenvalue weighted by molar-refractivity contribution is 9.10. The third-order valence-corrected chi connectivity index (χ3v) is 8.44. The Morgan fingerprint density at radius 2 is 1.26 bits per heavy atom. The van der Waals surface area contributed by atoms with E-state index >= 15 is 0 Å². The summed E-state index contributed by atoms with van der Waals surface area (Å²) in [5.74, 6) is -1.79. The molecule has 0 radical (unpaired) electrons. The molecule has 5 heterocycles. The Balaban J connectivity index is 0.000000223. The van der Waals surface area contributed by atoms with E-state index in [1.807, 2.05) is 26.1 Å². The Kier molecular flexibility index (Phi) is 11.2. The van der Waals surface area contributed by atoms with Gasteiger partial charge in [-0.2, -0.15) is 5.10 Å². The number of hydrogen-bond donors (Lipinski definition) is 0. The molecular weight excluding hydrogens is 764 g/mol. The molecule has 6 aromatic rings. The maximum Gasteiger partial charge on any atom is 0.341 e. The van der Waals surface area contributed by atoms with Gasteiger partial charge in [0.15, 0.2) is 24.8 Å². The third kappa shape index (κ3) is 8.25. The van der Waals surface area contributed by atoms with E-state index < -0.39 is 22.8 Å². The molecule has 0 aliphatic heterocycles. The van der Waals surface area contributed by atoms with Gasteiger partial charge in [0.1, 0.15) is 38.2 Å². The number of aromatic nitrogens is 8. The highest BCUT2D eigenvalue weighted by Crippen LogP contribution is 2.29. The van der Waals surface area contributed by atoms with Crippen LogP contribution in [0.15, 0.2) is 47.6 Å². The van der Waals surface area contributed by atoms with E-state index in [4.69, 9.17) is 23.9 Å². The van der Waals surface area contributed by atoms with Gasteiger partial charge in [0, 0.05) is 24.8 Å². The molecular formula is C37H41BrN8O8. The fourth-order valence-corrected chi connectivity index (χ4v) is 5.44. The van der Waals surface area contributed by atoms with Crippen LogP contribution in [0, 0.1) is 17.8 Å². The number of aryl methyl sites for hydroxylation is 2. The zero-order valence-electron chi connectivity index (χ0n) is 31.7. The molecule has 16 nitrogen and oxygen atoms in total. The van der Waals surface area contributed by atoms with Gasteiger partial charge < -0.3 is 18.9 Å². The topological polar surface area (TPSA) is 184 Å². The second kappa shape index (κ2) is 15.3. The average molecular weight is 806 g/mol. The maximum atomic E-state index is 12.4. The number of fused-ring (bicyclic) bond motifs is 3. The number of benzene rings is 1. The SMILES string of the molecule is COC(=O)c1cn(COC(=O)C(C)(C)C)c2ncc(-c3nn(C)c4cc(C)ccc34)nc12.COC(=O)c1cn(COC(=O)C(C)(C)C)c2ncc(Br)nc12. The van der Waals surface area contributed by atoms with Crippen molar-refractivity contribution >= 4 is 73.0 Å². The first-order valence-electron chi connectivity index (χ1n) is 16.7. The number of hydrogen-bond acceptors (Lipinski definition) is 13. The Morgan fingerprint density at radius 3 is 1.76 bits per heavy atom. The minimum absolute atomic E-state index is 0.0556. The number of esters is 4. The molecule has 0 saturated carbocycles. The fourth-order valence-electron chi connectivity index (χ4n) is 5.16. The molecule has 0 N–H and O–H groups in total. The summed E-state index contributed by atoms with van der Waals surface area (Å²) in [5, 5.41) is 5.55. The van der Waals surface area contributed by atoms with Crippen LogP contribution < -0.4 is 0 Å². The van der Waals surface area contributed by atoms with Gasteiger partial charge in [0.2, 0.25) is 0 Å². The van der Waals surface area contributed by atoms with Crippen molar-refractivity contribution in [2.45, 2.75) is 61.9 Å². The summed E-state index contributed by atoms with van der Waals surface area (Å²) in [6, 6.07) is 6.06. The number of carbonyl (C=O) groups excluding carboxylic acids is 4. The van der Waals surface area contributed by atoms with Crippen LogP contribution in [0.5, 0.6) is 0 Å². The lowest BCUT2D eigenvalue weighted by Crippen LogP contribution is -2.24. The Hall–Kier alpha value is -5.71. The molecule has 1 aromatic carbocycles.